The van der Waals surface area contributed by atoms with E-state index in [0.29, 0.717) is 11.8 Å². The van der Waals surface area contributed by atoms with Gasteiger partial charge in [-0.15, -0.1) is 0 Å². The molecule has 0 bridgehead atoms. The maximum atomic E-state index is 10.8. The Morgan fingerprint density at radius 2 is 1.68 bits per heavy atom. The van der Waals surface area contributed by atoms with Crippen molar-refractivity contribution < 1.29 is 5.11 Å². The lowest BCUT2D eigenvalue weighted by atomic mass is 9.86. The molecule has 0 spiro atoms. The maximum Gasteiger partial charge on any atom is 0.0819 e. The van der Waals surface area contributed by atoms with Crippen LogP contribution in [0.3, 0.4) is 0 Å². The molecule has 3 heteroatoms. The summed E-state index contributed by atoms with van der Waals surface area (Å²) < 4.78 is 0. The summed E-state index contributed by atoms with van der Waals surface area (Å²) in [4.78, 5) is 5.92. The van der Waals surface area contributed by atoms with Gasteiger partial charge in [-0.3, -0.25) is 0 Å². The van der Waals surface area contributed by atoms with Crippen LogP contribution in [0, 0.1) is 5.92 Å². The summed E-state index contributed by atoms with van der Waals surface area (Å²) in [5.41, 5.74) is 5.04. The summed E-state index contributed by atoms with van der Waals surface area (Å²) in [5, 5.41) is 12.2. The number of aliphatic hydroxyl groups is 1. The molecule has 1 saturated heterocycles. The summed E-state index contributed by atoms with van der Waals surface area (Å²) in [6.45, 7) is 7.66. The molecule has 1 aliphatic heterocycles. The molecule has 1 aromatic heterocycles. The number of rotatable bonds is 6. The molecular formula is C25H32N2O. The zero-order valence-electron chi connectivity index (χ0n) is 17.1. The van der Waals surface area contributed by atoms with Gasteiger partial charge in [0.05, 0.1) is 6.10 Å². The number of benzene rings is 2. The Balaban J connectivity index is 1.29. The predicted octanol–water partition coefficient (Wildman–Crippen LogP) is 5.28. The number of likely N-dealkylation sites (tertiary alicyclic amines) is 1. The molecule has 0 radical (unpaired) electrons. The highest BCUT2D eigenvalue weighted by Crippen LogP contribution is 2.31. The van der Waals surface area contributed by atoms with Crippen LogP contribution < -0.4 is 0 Å². The van der Waals surface area contributed by atoms with Crippen molar-refractivity contribution in [1.29, 1.82) is 0 Å². The summed E-state index contributed by atoms with van der Waals surface area (Å²) in [6, 6.07) is 17.1. The van der Waals surface area contributed by atoms with E-state index in [1.54, 1.807) is 0 Å². The van der Waals surface area contributed by atoms with Crippen molar-refractivity contribution in [3.63, 3.8) is 0 Å². The average Bonchev–Trinajstić information content (AvgIpc) is 3.15. The van der Waals surface area contributed by atoms with Gasteiger partial charge in [-0.2, -0.15) is 0 Å². The summed E-state index contributed by atoms with van der Waals surface area (Å²) in [7, 11) is 0. The Morgan fingerprint density at radius 3 is 2.39 bits per heavy atom. The van der Waals surface area contributed by atoms with Crippen LogP contribution in [0.4, 0.5) is 0 Å². The van der Waals surface area contributed by atoms with E-state index < -0.39 is 0 Å². The van der Waals surface area contributed by atoms with Crippen LogP contribution in [0.1, 0.15) is 55.4 Å². The number of aromatic amines is 1. The molecule has 3 nitrogen and oxygen atoms in total. The summed E-state index contributed by atoms with van der Waals surface area (Å²) in [5.74, 6) is 0.904. The molecule has 1 aliphatic rings. The van der Waals surface area contributed by atoms with Gasteiger partial charge in [-0.25, -0.2) is 0 Å². The first-order chi connectivity index (χ1) is 13.6. The molecule has 2 aromatic carbocycles. The van der Waals surface area contributed by atoms with Crippen LogP contribution in [0.2, 0.25) is 0 Å². The number of hydrogen-bond acceptors (Lipinski definition) is 2. The minimum Gasteiger partial charge on any atom is -0.388 e. The lowest BCUT2D eigenvalue weighted by molar-refractivity contribution is 0.0592. The van der Waals surface area contributed by atoms with Crippen molar-refractivity contribution >= 4 is 10.9 Å². The Bertz CT molecular complexity index is 888. The van der Waals surface area contributed by atoms with Crippen LogP contribution >= 0.6 is 0 Å². The van der Waals surface area contributed by atoms with Crippen LogP contribution in [0.5, 0.6) is 0 Å². The summed E-state index contributed by atoms with van der Waals surface area (Å²) >= 11 is 0. The van der Waals surface area contributed by atoms with Gasteiger partial charge in [-0.05, 0) is 66.9 Å². The normalized spacial score (nSPS) is 17.4. The van der Waals surface area contributed by atoms with E-state index in [9.17, 15) is 5.11 Å². The van der Waals surface area contributed by atoms with Crippen LogP contribution in [-0.4, -0.2) is 34.6 Å². The highest BCUT2D eigenvalue weighted by molar-refractivity contribution is 5.83. The first-order valence-electron chi connectivity index (χ1n) is 10.7. The van der Waals surface area contributed by atoms with Gasteiger partial charge in [0.1, 0.15) is 0 Å². The number of fused-ring (bicyclic) bond motifs is 1. The minimum atomic E-state index is -0.336. The first-order valence-corrected chi connectivity index (χ1v) is 10.7. The molecule has 0 amide bonds. The molecule has 2 N–H and O–H groups in total. The topological polar surface area (TPSA) is 39.3 Å². The molecule has 1 atom stereocenters. The molecule has 0 saturated carbocycles. The van der Waals surface area contributed by atoms with Crippen LogP contribution in [0.15, 0.2) is 54.7 Å². The molecule has 0 aliphatic carbocycles. The lowest BCUT2D eigenvalue weighted by Gasteiger charge is -2.34. The highest BCUT2D eigenvalue weighted by atomic mass is 16.3. The largest absolute Gasteiger partial charge is 0.388 e. The number of H-pyrrole nitrogens is 1. The monoisotopic (exact) mass is 376 g/mol. The Hall–Kier alpha value is -2.10. The van der Waals surface area contributed by atoms with E-state index in [1.807, 2.05) is 0 Å². The first kappa shape index (κ1) is 19.2. The number of nitrogens with zero attached hydrogens (tertiary/aromatic N) is 1. The van der Waals surface area contributed by atoms with Crippen molar-refractivity contribution in [2.75, 3.05) is 19.6 Å². The second kappa shape index (κ2) is 8.50. The number of aromatic nitrogens is 1. The zero-order valence-corrected chi connectivity index (χ0v) is 17.1. The van der Waals surface area contributed by atoms with Crippen molar-refractivity contribution in [1.82, 2.24) is 9.88 Å². The van der Waals surface area contributed by atoms with Gasteiger partial charge in [0.25, 0.3) is 0 Å². The fraction of sp³-hybridized carbons (Fsp3) is 0.440. The third-order valence-electron chi connectivity index (χ3n) is 6.40. The third-order valence-corrected chi connectivity index (χ3v) is 6.40. The van der Waals surface area contributed by atoms with Crippen molar-refractivity contribution in [2.24, 2.45) is 5.92 Å². The maximum absolute atomic E-state index is 10.8. The van der Waals surface area contributed by atoms with E-state index in [0.717, 1.165) is 44.5 Å². The van der Waals surface area contributed by atoms with E-state index in [2.05, 4.69) is 78.5 Å². The molecule has 148 valence electrons. The fourth-order valence-electron chi connectivity index (χ4n) is 4.46. The molecule has 3 aromatic rings. The van der Waals surface area contributed by atoms with Crippen LogP contribution in [0.25, 0.3) is 10.9 Å². The van der Waals surface area contributed by atoms with Gasteiger partial charge in [-0.1, -0.05) is 56.3 Å². The van der Waals surface area contributed by atoms with Gasteiger partial charge in [0, 0.05) is 23.6 Å². The number of hydrogen-bond donors (Lipinski definition) is 2. The Kier molecular flexibility index (Phi) is 5.84. The van der Waals surface area contributed by atoms with Crippen molar-refractivity contribution in [2.45, 2.75) is 45.1 Å². The average molecular weight is 377 g/mol. The van der Waals surface area contributed by atoms with E-state index in [4.69, 9.17) is 0 Å². The van der Waals surface area contributed by atoms with Gasteiger partial charge >= 0.3 is 0 Å². The zero-order chi connectivity index (χ0) is 19.5. The molecule has 1 fully saturated rings. The van der Waals surface area contributed by atoms with E-state index >= 15 is 0 Å². The fourth-order valence-corrected chi connectivity index (χ4v) is 4.46. The van der Waals surface area contributed by atoms with Gasteiger partial charge < -0.3 is 15.0 Å². The molecular weight excluding hydrogens is 344 g/mol. The lowest BCUT2D eigenvalue weighted by Crippen LogP contribution is -2.36. The number of aliphatic hydroxyl groups excluding tert-OH is 1. The smallest absolute Gasteiger partial charge is 0.0819 e. The third kappa shape index (κ3) is 4.16. The quantitative estimate of drug-likeness (QED) is 0.614. The standard InChI is InChI=1S/C25H32N2O/c1-18(2)19-7-9-20(10-8-19)25(28)21-11-14-27(15-12-21)16-13-22-17-26-24-6-4-3-5-23(22)24/h3-10,17-18,21,25-26,28H,11-16H2,1-2H3. The van der Waals surface area contributed by atoms with Crippen molar-refractivity contribution in [3.05, 3.63) is 71.4 Å². The SMILES string of the molecule is CC(C)c1ccc(C(O)C2CCN(CCc3c[nH]c4ccccc34)CC2)cc1. The van der Waals surface area contributed by atoms with Gasteiger partial charge in [0.15, 0.2) is 0 Å². The predicted molar refractivity (Wildman–Crippen MR) is 117 cm³/mol. The highest BCUT2D eigenvalue weighted by Gasteiger charge is 2.26. The number of nitrogens with one attached hydrogen (secondary N) is 1. The Morgan fingerprint density at radius 1 is 1.00 bits per heavy atom. The molecule has 2 heterocycles. The minimum absolute atomic E-state index is 0.336. The number of para-hydroxylation sites is 1. The van der Waals surface area contributed by atoms with Crippen LogP contribution in [-0.2, 0) is 6.42 Å². The second-order valence-corrected chi connectivity index (χ2v) is 8.55. The van der Waals surface area contributed by atoms with Gasteiger partial charge in [0.2, 0.25) is 0 Å². The second-order valence-electron chi connectivity index (χ2n) is 8.55. The number of piperidine rings is 1. The Labute approximate surface area is 168 Å². The summed E-state index contributed by atoms with van der Waals surface area (Å²) in [6.07, 6.45) is 5.04. The molecule has 4 rings (SSSR count). The molecule has 1 unspecified atom stereocenters. The van der Waals surface area contributed by atoms with Crippen molar-refractivity contribution in [3.8, 4) is 0 Å². The van der Waals surface area contributed by atoms with E-state index in [1.165, 1.54) is 22.0 Å². The molecule has 28 heavy (non-hydrogen) atoms. The van der Waals surface area contributed by atoms with E-state index in [-0.39, 0.29) is 6.10 Å².